The van der Waals surface area contributed by atoms with Crippen LogP contribution in [-0.2, 0) is 0 Å². The third kappa shape index (κ3) is 4.87. The summed E-state index contributed by atoms with van der Waals surface area (Å²) in [4.78, 5) is 22.6. The quantitative estimate of drug-likeness (QED) is 0.344. The fourth-order valence-electron chi connectivity index (χ4n) is 6.11. The Bertz CT molecular complexity index is 1500. The van der Waals surface area contributed by atoms with E-state index >= 15 is 0 Å². The predicted octanol–water partition coefficient (Wildman–Crippen LogP) is 5.64. The van der Waals surface area contributed by atoms with E-state index in [1.165, 1.54) is 25.5 Å². The van der Waals surface area contributed by atoms with Crippen LogP contribution in [-0.4, -0.2) is 66.5 Å². The van der Waals surface area contributed by atoms with Gasteiger partial charge in [-0.15, -0.1) is 0 Å². The Morgan fingerprint density at radius 3 is 2.59 bits per heavy atom. The smallest absolute Gasteiger partial charge is 0.229 e. The molecular formula is C29H34F2N8. The van der Waals surface area contributed by atoms with Crippen LogP contribution in [0.5, 0.6) is 0 Å². The van der Waals surface area contributed by atoms with Crippen LogP contribution in [0.25, 0.3) is 22.3 Å². The lowest BCUT2D eigenvalue weighted by molar-refractivity contribution is 0.0769. The first-order valence-corrected chi connectivity index (χ1v) is 13.7. The summed E-state index contributed by atoms with van der Waals surface area (Å²) in [5.74, 6) is 0.293. The third-order valence-corrected chi connectivity index (χ3v) is 8.13. The number of hydrogen-bond donors (Lipinski definition) is 1. The average molecular weight is 533 g/mol. The van der Waals surface area contributed by atoms with Crippen LogP contribution >= 0.6 is 0 Å². The van der Waals surface area contributed by atoms with E-state index in [4.69, 9.17) is 0 Å². The van der Waals surface area contributed by atoms with E-state index in [1.54, 1.807) is 6.07 Å². The van der Waals surface area contributed by atoms with Gasteiger partial charge in [0.05, 0.1) is 11.7 Å². The minimum atomic E-state index is -0.633. The molecule has 2 aliphatic rings. The molecule has 2 aliphatic heterocycles. The molecule has 0 amide bonds. The molecule has 10 heteroatoms. The van der Waals surface area contributed by atoms with Crippen LogP contribution in [0.3, 0.4) is 0 Å². The standard InChI is InChI=1S/C29H34F2N8/c1-17(2)39-19(4)34-28-23(30)12-21(13-25(28)39)27-24(31)15-33-29(36-27)35-26-8-7-20(14-32-26)18(3)38-11-10-37-9-5-6-22(37)16-38/h7-8,12-15,17-18,22H,5-6,9-11,16H2,1-4H3,(H,32,33,35,36)/t18-,22?/m0/s1. The lowest BCUT2D eigenvalue weighted by Crippen LogP contribution is -2.50. The molecule has 5 heterocycles. The van der Waals surface area contributed by atoms with Crippen molar-refractivity contribution >= 4 is 22.8 Å². The minimum absolute atomic E-state index is 0.0127. The molecule has 0 spiro atoms. The van der Waals surface area contributed by atoms with Crippen LogP contribution in [0.1, 0.15) is 57.1 Å². The number of fused-ring (bicyclic) bond motifs is 2. The SMILES string of the molecule is Cc1nc2c(F)cc(-c3nc(Nc4ccc([C@H](C)N5CCN6CCCC6C5)cn4)ncc3F)cc2n1C(C)C. The molecule has 8 nitrogen and oxygen atoms in total. The largest absolute Gasteiger partial charge is 0.326 e. The van der Waals surface area contributed by atoms with Crippen LogP contribution in [0.2, 0.25) is 0 Å². The summed E-state index contributed by atoms with van der Waals surface area (Å²) in [5.41, 5.74) is 2.35. The second kappa shape index (κ2) is 10.2. The van der Waals surface area contributed by atoms with Gasteiger partial charge >= 0.3 is 0 Å². The van der Waals surface area contributed by atoms with Gasteiger partial charge in [-0.25, -0.2) is 28.7 Å². The lowest BCUT2D eigenvalue weighted by atomic mass is 10.1. The van der Waals surface area contributed by atoms with E-state index in [2.05, 4.69) is 48.0 Å². The Labute approximate surface area is 227 Å². The van der Waals surface area contributed by atoms with Crippen molar-refractivity contribution in [1.29, 1.82) is 0 Å². The van der Waals surface area contributed by atoms with Gasteiger partial charge in [0, 0.05) is 49.5 Å². The summed E-state index contributed by atoms with van der Waals surface area (Å²) in [6.45, 7) is 12.6. The molecule has 2 atom stereocenters. The highest BCUT2D eigenvalue weighted by Crippen LogP contribution is 2.31. The number of rotatable bonds is 6. The van der Waals surface area contributed by atoms with Crippen molar-refractivity contribution in [1.82, 2.24) is 34.3 Å². The van der Waals surface area contributed by atoms with Gasteiger partial charge in [-0.1, -0.05) is 6.07 Å². The van der Waals surface area contributed by atoms with Crippen LogP contribution in [0.15, 0.2) is 36.7 Å². The Morgan fingerprint density at radius 2 is 1.82 bits per heavy atom. The first-order chi connectivity index (χ1) is 18.8. The maximum Gasteiger partial charge on any atom is 0.229 e. The number of halogens is 2. The molecule has 0 bridgehead atoms. The van der Waals surface area contributed by atoms with Crippen molar-refractivity contribution in [3.8, 4) is 11.3 Å². The van der Waals surface area contributed by atoms with Gasteiger partial charge in [0.15, 0.2) is 11.6 Å². The molecular weight excluding hydrogens is 498 g/mol. The summed E-state index contributed by atoms with van der Waals surface area (Å²) >= 11 is 0. The molecule has 0 radical (unpaired) electrons. The lowest BCUT2D eigenvalue weighted by Gasteiger charge is -2.40. The van der Waals surface area contributed by atoms with E-state index in [0.717, 1.165) is 31.4 Å². The summed E-state index contributed by atoms with van der Waals surface area (Å²) in [5, 5.41) is 3.07. The maximum absolute atomic E-state index is 15.0. The summed E-state index contributed by atoms with van der Waals surface area (Å²) in [6, 6.07) is 7.96. The Balaban J connectivity index is 1.22. The Kier molecular flexibility index (Phi) is 6.76. The van der Waals surface area contributed by atoms with Crippen molar-refractivity contribution in [2.75, 3.05) is 31.5 Å². The zero-order valence-electron chi connectivity index (χ0n) is 22.8. The molecule has 3 aromatic heterocycles. The van der Waals surface area contributed by atoms with Crippen molar-refractivity contribution in [3.63, 3.8) is 0 Å². The molecule has 2 fully saturated rings. The highest BCUT2D eigenvalue weighted by Gasteiger charge is 2.32. The zero-order valence-corrected chi connectivity index (χ0v) is 22.8. The van der Waals surface area contributed by atoms with Crippen LogP contribution < -0.4 is 5.32 Å². The van der Waals surface area contributed by atoms with Gasteiger partial charge in [-0.2, -0.15) is 0 Å². The van der Waals surface area contributed by atoms with Crippen molar-refractivity contribution in [2.45, 2.75) is 58.7 Å². The van der Waals surface area contributed by atoms with E-state index < -0.39 is 11.6 Å². The first-order valence-electron chi connectivity index (χ1n) is 13.7. The monoisotopic (exact) mass is 532 g/mol. The molecule has 1 unspecified atom stereocenters. The second-order valence-electron chi connectivity index (χ2n) is 10.9. The van der Waals surface area contributed by atoms with E-state index in [-0.39, 0.29) is 29.2 Å². The van der Waals surface area contributed by atoms with Crippen LogP contribution in [0.4, 0.5) is 20.5 Å². The number of benzene rings is 1. The molecule has 6 rings (SSSR count). The molecule has 1 N–H and O–H groups in total. The fourth-order valence-corrected chi connectivity index (χ4v) is 6.11. The van der Waals surface area contributed by atoms with Gasteiger partial charge in [0.1, 0.15) is 22.9 Å². The number of imidazole rings is 1. The van der Waals surface area contributed by atoms with Gasteiger partial charge in [0.25, 0.3) is 0 Å². The van der Waals surface area contributed by atoms with Gasteiger partial charge < -0.3 is 9.88 Å². The Morgan fingerprint density at radius 1 is 0.974 bits per heavy atom. The highest BCUT2D eigenvalue weighted by molar-refractivity contribution is 5.83. The molecule has 1 aromatic carbocycles. The van der Waals surface area contributed by atoms with Crippen molar-refractivity contribution in [2.24, 2.45) is 0 Å². The predicted molar refractivity (Wildman–Crippen MR) is 148 cm³/mol. The molecule has 4 aromatic rings. The molecule has 0 aliphatic carbocycles. The number of anilines is 2. The second-order valence-corrected chi connectivity index (χ2v) is 10.9. The number of aryl methyl sites for hydroxylation is 1. The summed E-state index contributed by atoms with van der Waals surface area (Å²) in [7, 11) is 0. The van der Waals surface area contributed by atoms with E-state index in [0.29, 0.717) is 28.8 Å². The van der Waals surface area contributed by atoms with Crippen molar-refractivity contribution in [3.05, 3.63) is 59.7 Å². The average Bonchev–Trinajstić information content (AvgIpc) is 3.53. The number of aromatic nitrogens is 5. The van der Waals surface area contributed by atoms with Gasteiger partial charge in [0.2, 0.25) is 5.95 Å². The summed E-state index contributed by atoms with van der Waals surface area (Å²) in [6.07, 6.45) is 5.55. The number of nitrogens with zero attached hydrogens (tertiary/aromatic N) is 7. The Hall–Kier alpha value is -3.50. The zero-order chi connectivity index (χ0) is 27.3. The van der Waals surface area contributed by atoms with Crippen molar-refractivity contribution < 1.29 is 8.78 Å². The topological polar surface area (TPSA) is 75.0 Å². The normalized spacial score (nSPS) is 19.1. The molecule has 204 valence electrons. The minimum Gasteiger partial charge on any atom is -0.326 e. The molecule has 2 saturated heterocycles. The first kappa shape index (κ1) is 25.8. The number of pyridine rings is 1. The number of nitrogens with one attached hydrogen (secondary N) is 1. The number of hydrogen-bond acceptors (Lipinski definition) is 7. The summed E-state index contributed by atoms with van der Waals surface area (Å²) < 4.78 is 31.8. The molecule has 39 heavy (non-hydrogen) atoms. The highest BCUT2D eigenvalue weighted by atomic mass is 19.1. The molecule has 0 saturated carbocycles. The maximum atomic E-state index is 15.0. The van der Waals surface area contributed by atoms with Gasteiger partial charge in [-0.05, 0) is 70.8 Å². The van der Waals surface area contributed by atoms with E-state index in [1.807, 2.05) is 37.6 Å². The van der Waals surface area contributed by atoms with E-state index in [9.17, 15) is 8.78 Å². The number of piperazine rings is 1. The fraction of sp³-hybridized carbons (Fsp3) is 0.448. The third-order valence-electron chi connectivity index (χ3n) is 8.13. The van der Waals surface area contributed by atoms with Crippen LogP contribution in [0, 0.1) is 18.6 Å². The van der Waals surface area contributed by atoms with Gasteiger partial charge in [-0.3, -0.25) is 9.80 Å².